The van der Waals surface area contributed by atoms with Crippen molar-refractivity contribution in [1.82, 2.24) is 9.59 Å². The first-order valence-corrected chi connectivity index (χ1v) is 5.47. The fourth-order valence-corrected chi connectivity index (χ4v) is 1.67. The van der Waals surface area contributed by atoms with E-state index in [1.807, 2.05) is 12.1 Å². The molecule has 0 aliphatic heterocycles. The Balaban J connectivity index is 2.07. The van der Waals surface area contributed by atoms with E-state index in [0.717, 1.165) is 17.1 Å². The zero-order chi connectivity index (χ0) is 11.4. The van der Waals surface area contributed by atoms with Crippen LogP contribution in [0.15, 0.2) is 24.3 Å². The maximum absolute atomic E-state index is 9.10. The zero-order valence-corrected chi connectivity index (χ0v) is 9.28. The molecule has 84 valence electrons. The molecule has 0 saturated heterocycles. The van der Waals surface area contributed by atoms with E-state index in [-0.39, 0.29) is 13.2 Å². The largest absolute Gasteiger partial charge is 0.487 e. The SMILES string of the molecule is Nc1snnc1COc1ccccc1CO. The van der Waals surface area contributed by atoms with E-state index in [1.54, 1.807) is 12.1 Å². The first kappa shape index (κ1) is 10.8. The second-order valence-electron chi connectivity index (χ2n) is 3.14. The van der Waals surface area contributed by atoms with Crippen LogP contribution in [0.3, 0.4) is 0 Å². The van der Waals surface area contributed by atoms with E-state index < -0.39 is 0 Å². The average molecular weight is 237 g/mol. The number of nitrogen functional groups attached to an aromatic ring is 1. The highest BCUT2D eigenvalue weighted by Gasteiger charge is 2.06. The van der Waals surface area contributed by atoms with Crippen LogP contribution in [0.4, 0.5) is 5.00 Å². The second kappa shape index (κ2) is 4.91. The standard InChI is InChI=1S/C10H11N3O2S/c11-10-8(12-13-16-10)6-15-9-4-2-1-3-7(9)5-14/h1-4,14H,5-6,11H2. The van der Waals surface area contributed by atoms with Gasteiger partial charge in [0.15, 0.2) is 0 Å². The van der Waals surface area contributed by atoms with Crippen molar-refractivity contribution in [2.24, 2.45) is 0 Å². The Morgan fingerprint density at radius 2 is 2.19 bits per heavy atom. The van der Waals surface area contributed by atoms with Gasteiger partial charge in [-0.1, -0.05) is 22.7 Å². The molecule has 5 nitrogen and oxygen atoms in total. The summed E-state index contributed by atoms with van der Waals surface area (Å²) in [6, 6.07) is 7.29. The summed E-state index contributed by atoms with van der Waals surface area (Å²) in [6.07, 6.45) is 0. The fourth-order valence-electron chi connectivity index (χ4n) is 1.24. The monoisotopic (exact) mass is 237 g/mol. The summed E-state index contributed by atoms with van der Waals surface area (Å²) in [7, 11) is 0. The molecule has 0 fully saturated rings. The molecule has 6 heteroatoms. The van der Waals surface area contributed by atoms with Crippen molar-refractivity contribution in [3.05, 3.63) is 35.5 Å². The number of aromatic nitrogens is 2. The number of hydrogen-bond acceptors (Lipinski definition) is 6. The molecule has 0 unspecified atom stereocenters. The Labute approximate surface area is 96.7 Å². The first-order valence-electron chi connectivity index (χ1n) is 4.69. The Hall–Kier alpha value is -1.66. The number of aliphatic hydroxyl groups is 1. The minimum Gasteiger partial charge on any atom is -0.487 e. The van der Waals surface area contributed by atoms with Gasteiger partial charge >= 0.3 is 0 Å². The quantitative estimate of drug-likeness (QED) is 0.834. The Morgan fingerprint density at radius 3 is 2.88 bits per heavy atom. The maximum Gasteiger partial charge on any atom is 0.136 e. The smallest absolute Gasteiger partial charge is 0.136 e. The zero-order valence-electron chi connectivity index (χ0n) is 8.46. The van der Waals surface area contributed by atoms with Crippen LogP contribution in [0.1, 0.15) is 11.3 Å². The lowest BCUT2D eigenvalue weighted by molar-refractivity contribution is 0.257. The molecule has 0 bridgehead atoms. The molecule has 1 aromatic carbocycles. The Kier molecular flexibility index (Phi) is 3.33. The summed E-state index contributed by atoms with van der Waals surface area (Å²) < 4.78 is 9.23. The predicted molar refractivity (Wildman–Crippen MR) is 61.0 cm³/mol. The summed E-state index contributed by atoms with van der Waals surface area (Å²) in [5.41, 5.74) is 7.00. The molecule has 0 aliphatic rings. The van der Waals surface area contributed by atoms with Crippen LogP contribution in [-0.2, 0) is 13.2 Å². The molecular weight excluding hydrogens is 226 g/mol. The number of ether oxygens (including phenoxy) is 1. The number of aliphatic hydroxyl groups excluding tert-OH is 1. The summed E-state index contributed by atoms with van der Waals surface area (Å²) in [5.74, 6) is 0.636. The summed E-state index contributed by atoms with van der Waals surface area (Å²) >= 11 is 1.14. The molecule has 3 N–H and O–H groups in total. The van der Waals surface area contributed by atoms with Crippen LogP contribution in [-0.4, -0.2) is 14.7 Å². The normalized spacial score (nSPS) is 10.3. The van der Waals surface area contributed by atoms with Gasteiger partial charge in [0.2, 0.25) is 0 Å². The van der Waals surface area contributed by atoms with Gasteiger partial charge < -0.3 is 15.6 Å². The lowest BCUT2D eigenvalue weighted by Crippen LogP contribution is -2.01. The van der Waals surface area contributed by atoms with E-state index in [9.17, 15) is 0 Å². The molecule has 2 aromatic rings. The Bertz CT molecular complexity index is 473. The van der Waals surface area contributed by atoms with Crippen molar-refractivity contribution in [2.75, 3.05) is 5.73 Å². The second-order valence-corrected chi connectivity index (χ2v) is 3.92. The van der Waals surface area contributed by atoms with E-state index in [2.05, 4.69) is 9.59 Å². The molecule has 16 heavy (non-hydrogen) atoms. The maximum atomic E-state index is 9.10. The highest BCUT2D eigenvalue weighted by Crippen LogP contribution is 2.20. The van der Waals surface area contributed by atoms with Gasteiger partial charge in [-0.25, -0.2) is 0 Å². The van der Waals surface area contributed by atoms with Crippen LogP contribution in [0, 0.1) is 0 Å². The van der Waals surface area contributed by atoms with Crippen molar-refractivity contribution in [1.29, 1.82) is 0 Å². The van der Waals surface area contributed by atoms with Crippen molar-refractivity contribution < 1.29 is 9.84 Å². The molecule has 1 aromatic heterocycles. The molecule has 0 radical (unpaired) electrons. The van der Waals surface area contributed by atoms with Gasteiger partial charge in [-0.3, -0.25) is 0 Å². The molecule has 1 heterocycles. The number of nitrogens with two attached hydrogens (primary N) is 1. The van der Waals surface area contributed by atoms with Crippen LogP contribution < -0.4 is 10.5 Å². The molecule has 0 saturated carbocycles. The van der Waals surface area contributed by atoms with Crippen molar-refractivity contribution in [3.8, 4) is 5.75 Å². The molecule has 2 rings (SSSR count). The molecular formula is C10H11N3O2S. The molecule has 0 amide bonds. The van der Waals surface area contributed by atoms with Gasteiger partial charge in [0.25, 0.3) is 0 Å². The number of rotatable bonds is 4. The van der Waals surface area contributed by atoms with Gasteiger partial charge in [-0.15, -0.1) is 5.10 Å². The topological polar surface area (TPSA) is 81.3 Å². The van der Waals surface area contributed by atoms with E-state index in [4.69, 9.17) is 15.6 Å². The summed E-state index contributed by atoms with van der Waals surface area (Å²) in [6.45, 7) is 0.209. The number of para-hydroxylation sites is 1. The lowest BCUT2D eigenvalue weighted by atomic mass is 10.2. The number of anilines is 1. The first-order chi connectivity index (χ1) is 7.81. The molecule has 0 spiro atoms. The van der Waals surface area contributed by atoms with Gasteiger partial charge in [0.05, 0.1) is 6.61 Å². The highest BCUT2D eigenvalue weighted by molar-refractivity contribution is 7.09. The molecule has 0 aliphatic carbocycles. The van der Waals surface area contributed by atoms with E-state index in [0.29, 0.717) is 16.4 Å². The average Bonchev–Trinajstić information content (AvgIpc) is 2.72. The van der Waals surface area contributed by atoms with Gasteiger partial charge in [-0.2, -0.15) is 0 Å². The van der Waals surface area contributed by atoms with Gasteiger partial charge in [0.1, 0.15) is 23.1 Å². The number of benzene rings is 1. The van der Waals surface area contributed by atoms with Gasteiger partial charge in [0, 0.05) is 17.1 Å². The van der Waals surface area contributed by atoms with Crippen molar-refractivity contribution >= 4 is 16.5 Å². The van der Waals surface area contributed by atoms with Crippen molar-refractivity contribution in [3.63, 3.8) is 0 Å². The van der Waals surface area contributed by atoms with Crippen molar-refractivity contribution in [2.45, 2.75) is 13.2 Å². The Morgan fingerprint density at radius 1 is 1.38 bits per heavy atom. The molecule has 0 atom stereocenters. The summed E-state index contributed by atoms with van der Waals surface area (Å²) in [4.78, 5) is 0. The fraction of sp³-hybridized carbons (Fsp3) is 0.200. The lowest BCUT2D eigenvalue weighted by Gasteiger charge is -2.08. The minimum absolute atomic E-state index is 0.0546. The van der Waals surface area contributed by atoms with Crippen LogP contribution in [0.2, 0.25) is 0 Å². The summed E-state index contributed by atoms with van der Waals surface area (Å²) in [5, 5.41) is 13.5. The number of nitrogens with zero attached hydrogens (tertiary/aromatic N) is 2. The number of hydrogen-bond donors (Lipinski definition) is 2. The predicted octanol–water partition coefficient (Wildman–Crippen LogP) is 1.19. The van der Waals surface area contributed by atoms with Crippen LogP contribution in [0.25, 0.3) is 0 Å². The van der Waals surface area contributed by atoms with Crippen LogP contribution in [0.5, 0.6) is 5.75 Å². The minimum atomic E-state index is -0.0546. The van der Waals surface area contributed by atoms with Crippen LogP contribution >= 0.6 is 11.5 Å². The highest BCUT2D eigenvalue weighted by atomic mass is 32.1. The third-order valence-electron chi connectivity index (χ3n) is 2.09. The third kappa shape index (κ3) is 2.29. The third-order valence-corrected chi connectivity index (χ3v) is 2.69. The van der Waals surface area contributed by atoms with E-state index in [1.165, 1.54) is 0 Å². The van der Waals surface area contributed by atoms with E-state index >= 15 is 0 Å². The van der Waals surface area contributed by atoms with Gasteiger partial charge in [-0.05, 0) is 6.07 Å².